The van der Waals surface area contributed by atoms with Gasteiger partial charge in [-0.1, -0.05) is 67.7 Å². The topological polar surface area (TPSA) is 37.4 Å². The van der Waals surface area contributed by atoms with Gasteiger partial charge in [-0.3, -0.25) is 9.59 Å². The average Bonchev–Trinajstić information content (AvgIpc) is 3.11. The Bertz CT molecular complexity index is 687. The second kappa shape index (κ2) is 9.79. The van der Waals surface area contributed by atoms with Gasteiger partial charge in [0, 0.05) is 31.8 Å². The smallest absolute Gasteiger partial charge is 0.222 e. The Morgan fingerprint density at radius 1 is 0.938 bits per heavy atom. The Labute approximate surface area is 198 Å². The van der Waals surface area contributed by atoms with Crippen LogP contribution >= 0.6 is 0 Å². The van der Waals surface area contributed by atoms with Crippen molar-refractivity contribution in [1.82, 2.24) is 4.90 Å². The highest BCUT2D eigenvalue weighted by Gasteiger charge is 2.63. The molecule has 32 heavy (non-hydrogen) atoms. The number of piperidine rings is 1. The molecule has 4 fully saturated rings. The van der Waals surface area contributed by atoms with Crippen molar-refractivity contribution in [3.8, 4) is 0 Å². The Morgan fingerprint density at radius 2 is 1.59 bits per heavy atom. The molecule has 0 aromatic carbocycles. The number of Topliss-reactive ketones (excluding diaryl/α,β-unsaturated/α-hetero) is 1. The van der Waals surface area contributed by atoms with Crippen LogP contribution in [-0.4, -0.2) is 29.7 Å². The molecule has 0 aromatic rings. The van der Waals surface area contributed by atoms with Crippen LogP contribution in [0.2, 0.25) is 0 Å². The van der Waals surface area contributed by atoms with E-state index in [4.69, 9.17) is 0 Å². The molecule has 1 saturated heterocycles. The predicted molar refractivity (Wildman–Crippen MR) is 133 cm³/mol. The minimum atomic E-state index is 0.129. The number of hydrogen-bond acceptors (Lipinski definition) is 2. The van der Waals surface area contributed by atoms with Crippen molar-refractivity contribution < 1.29 is 9.59 Å². The molecule has 8 atom stereocenters. The van der Waals surface area contributed by atoms with Crippen LogP contribution in [0.1, 0.15) is 113 Å². The summed E-state index contributed by atoms with van der Waals surface area (Å²) in [5, 5.41) is 0. The summed E-state index contributed by atoms with van der Waals surface area (Å²) in [5.74, 6) is 4.37. The molecule has 1 amide bonds. The van der Waals surface area contributed by atoms with Crippen molar-refractivity contribution >= 4 is 11.7 Å². The molecule has 184 valence electrons. The molecular formula is C29H51NO2. The van der Waals surface area contributed by atoms with Gasteiger partial charge in [-0.2, -0.15) is 0 Å². The lowest BCUT2D eigenvalue weighted by Gasteiger charge is -2.61. The van der Waals surface area contributed by atoms with Crippen LogP contribution < -0.4 is 0 Å². The van der Waals surface area contributed by atoms with Crippen molar-refractivity contribution in [2.24, 2.45) is 46.3 Å². The molecule has 0 radical (unpaired) electrons. The number of rotatable bonds is 5. The van der Waals surface area contributed by atoms with Crippen LogP contribution in [0.4, 0.5) is 0 Å². The zero-order valence-electron chi connectivity index (χ0n) is 22.4. The third-order valence-electron chi connectivity index (χ3n) is 10.6. The lowest BCUT2D eigenvalue weighted by Crippen LogP contribution is -2.64. The fourth-order valence-electron chi connectivity index (χ4n) is 8.82. The molecule has 3 nitrogen and oxygen atoms in total. The molecule has 1 heterocycles. The maximum atomic E-state index is 13.5. The number of hydrogen-bond donors (Lipinski definition) is 0. The Kier molecular flexibility index (Phi) is 7.88. The highest BCUT2D eigenvalue weighted by Crippen LogP contribution is 2.66. The number of ketones is 1. The monoisotopic (exact) mass is 445 g/mol. The van der Waals surface area contributed by atoms with Gasteiger partial charge in [0.15, 0.2) is 0 Å². The third kappa shape index (κ3) is 4.20. The summed E-state index contributed by atoms with van der Waals surface area (Å²) < 4.78 is 0. The number of likely N-dealkylation sites (tertiary alicyclic amines) is 1. The molecule has 0 aromatic heterocycles. The van der Waals surface area contributed by atoms with Crippen LogP contribution in [-0.2, 0) is 9.59 Å². The van der Waals surface area contributed by atoms with Gasteiger partial charge in [0.05, 0.1) is 0 Å². The maximum Gasteiger partial charge on any atom is 0.222 e. The predicted octanol–water partition coefficient (Wildman–Crippen LogP) is 7.13. The molecule has 3 saturated carbocycles. The van der Waals surface area contributed by atoms with Crippen LogP contribution in [0.15, 0.2) is 0 Å². The lowest BCUT2D eigenvalue weighted by atomic mass is 9.46. The van der Waals surface area contributed by atoms with E-state index in [0.29, 0.717) is 35.9 Å². The number of carbonyl (C=O) groups is 2. The second-order valence-electron chi connectivity index (χ2n) is 12.5. The van der Waals surface area contributed by atoms with Gasteiger partial charge in [0.2, 0.25) is 5.91 Å². The van der Waals surface area contributed by atoms with Crippen LogP contribution in [0, 0.1) is 46.3 Å². The first-order valence-electron chi connectivity index (χ1n) is 13.9. The van der Waals surface area contributed by atoms with E-state index in [1.165, 1.54) is 44.9 Å². The molecule has 3 heteroatoms. The lowest BCUT2D eigenvalue weighted by molar-refractivity contribution is -0.167. The van der Waals surface area contributed by atoms with Crippen LogP contribution in [0.3, 0.4) is 0 Å². The fourth-order valence-corrected chi connectivity index (χ4v) is 8.82. The summed E-state index contributed by atoms with van der Waals surface area (Å²) in [6.07, 6.45) is 11.3. The van der Waals surface area contributed by atoms with Gasteiger partial charge in [0.25, 0.3) is 0 Å². The van der Waals surface area contributed by atoms with Gasteiger partial charge >= 0.3 is 0 Å². The van der Waals surface area contributed by atoms with E-state index in [-0.39, 0.29) is 23.3 Å². The summed E-state index contributed by atoms with van der Waals surface area (Å²) in [6, 6.07) is 0.129. The molecule has 6 unspecified atom stereocenters. The highest BCUT2D eigenvalue weighted by molar-refractivity contribution is 5.86. The molecule has 1 aliphatic heterocycles. The van der Waals surface area contributed by atoms with E-state index in [1.54, 1.807) is 0 Å². The van der Waals surface area contributed by atoms with E-state index < -0.39 is 0 Å². The zero-order chi connectivity index (χ0) is 23.8. The van der Waals surface area contributed by atoms with E-state index in [9.17, 15) is 9.59 Å². The second-order valence-corrected chi connectivity index (χ2v) is 12.5. The molecule has 0 spiro atoms. The van der Waals surface area contributed by atoms with Crippen molar-refractivity contribution in [3.63, 3.8) is 0 Å². The van der Waals surface area contributed by atoms with Crippen molar-refractivity contribution in [1.29, 1.82) is 0 Å². The number of nitrogens with zero attached hydrogens (tertiary/aromatic N) is 1. The SMILES string of the molecule is CC.CC(C)CCCC(C)C1CCC2C3C(=O)CC4N(C)C(=O)CC[C@]4(C)C3CC[C@]12C. The van der Waals surface area contributed by atoms with Crippen LogP contribution in [0.5, 0.6) is 0 Å². The quantitative estimate of drug-likeness (QED) is 0.451. The molecular weight excluding hydrogens is 394 g/mol. The van der Waals surface area contributed by atoms with Gasteiger partial charge in [-0.15, -0.1) is 0 Å². The van der Waals surface area contributed by atoms with E-state index >= 15 is 0 Å². The Hall–Kier alpha value is -0.860. The molecule has 3 aliphatic carbocycles. The van der Waals surface area contributed by atoms with Gasteiger partial charge in [-0.05, 0) is 72.5 Å². The average molecular weight is 446 g/mol. The molecule has 4 aliphatic rings. The Balaban J connectivity index is 0.00000141. The van der Waals surface area contributed by atoms with Gasteiger partial charge in [-0.25, -0.2) is 0 Å². The van der Waals surface area contributed by atoms with E-state index in [2.05, 4.69) is 34.6 Å². The van der Waals surface area contributed by atoms with Crippen molar-refractivity contribution in [3.05, 3.63) is 0 Å². The number of fused-ring (bicyclic) bond motifs is 5. The summed E-state index contributed by atoms with van der Waals surface area (Å²) in [7, 11) is 1.94. The number of amides is 1. The normalized spacial score (nSPS) is 42.0. The zero-order valence-corrected chi connectivity index (χ0v) is 22.4. The summed E-state index contributed by atoms with van der Waals surface area (Å²) in [5.41, 5.74) is 0.469. The minimum Gasteiger partial charge on any atom is -0.342 e. The fraction of sp³-hybridized carbons (Fsp3) is 0.931. The Morgan fingerprint density at radius 3 is 2.25 bits per heavy atom. The van der Waals surface area contributed by atoms with Gasteiger partial charge in [0.1, 0.15) is 5.78 Å². The van der Waals surface area contributed by atoms with E-state index in [0.717, 1.165) is 24.2 Å². The maximum absolute atomic E-state index is 13.5. The largest absolute Gasteiger partial charge is 0.342 e. The summed E-state index contributed by atoms with van der Waals surface area (Å²) in [4.78, 5) is 27.8. The third-order valence-corrected chi connectivity index (χ3v) is 10.6. The summed E-state index contributed by atoms with van der Waals surface area (Å²) >= 11 is 0. The number of carbonyl (C=O) groups excluding carboxylic acids is 2. The minimum absolute atomic E-state index is 0.129. The standard InChI is InChI=1S/C27H45NO2.C2H6/c1-17(2)8-7-9-18(3)19-10-11-20-25-21(12-14-26(19,20)4)27(5)15-13-24(30)28(6)23(27)16-22(25)29;1-2/h17-21,23,25H,7-16H2,1-6H3;1-2H3/t18?,19?,20?,21?,23?,25?,26-,27-;/m1./s1. The first-order chi connectivity index (χ1) is 15.1. The first kappa shape index (κ1) is 25.8. The summed E-state index contributed by atoms with van der Waals surface area (Å²) in [6.45, 7) is 16.1. The molecule has 4 rings (SSSR count). The first-order valence-corrected chi connectivity index (χ1v) is 13.9. The molecule has 0 bridgehead atoms. The van der Waals surface area contributed by atoms with Crippen molar-refractivity contribution in [2.45, 2.75) is 119 Å². The molecule has 0 N–H and O–H groups in total. The van der Waals surface area contributed by atoms with E-state index in [1.807, 2.05) is 25.8 Å². The van der Waals surface area contributed by atoms with Crippen LogP contribution in [0.25, 0.3) is 0 Å². The highest BCUT2D eigenvalue weighted by atomic mass is 16.2. The van der Waals surface area contributed by atoms with Crippen molar-refractivity contribution in [2.75, 3.05) is 7.05 Å². The van der Waals surface area contributed by atoms with Gasteiger partial charge < -0.3 is 4.90 Å².